The SMILES string of the molecule is CN1C(=O)CCC(N)C1c1cccc(C(F)F)c1. The van der Waals surface area contributed by atoms with Crippen molar-refractivity contribution >= 4 is 5.91 Å². The van der Waals surface area contributed by atoms with Crippen LogP contribution in [0.25, 0.3) is 0 Å². The molecule has 2 unspecified atom stereocenters. The number of alkyl halides is 2. The molecule has 1 aromatic rings. The zero-order valence-electron chi connectivity index (χ0n) is 10.1. The average Bonchev–Trinajstić information content (AvgIpc) is 2.35. The Morgan fingerprint density at radius 2 is 2.17 bits per heavy atom. The number of carbonyl (C=O) groups is 1. The molecular weight excluding hydrogens is 238 g/mol. The van der Waals surface area contributed by atoms with Crippen molar-refractivity contribution in [2.45, 2.75) is 31.4 Å². The Labute approximate surface area is 105 Å². The predicted octanol–water partition coefficient (Wildman–Crippen LogP) is 2.24. The fourth-order valence-electron chi connectivity index (χ4n) is 2.42. The van der Waals surface area contributed by atoms with Crippen LogP contribution in [-0.4, -0.2) is 23.9 Å². The van der Waals surface area contributed by atoms with E-state index < -0.39 is 6.43 Å². The number of carbonyl (C=O) groups excluding carboxylic acids is 1. The summed E-state index contributed by atoms with van der Waals surface area (Å²) in [6, 6.07) is 5.61. The molecule has 1 aliphatic heterocycles. The fraction of sp³-hybridized carbons (Fsp3) is 0.462. The first-order chi connectivity index (χ1) is 8.50. The van der Waals surface area contributed by atoms with Crippen molar-refractivity contribution in [3.05, 3.63) is 35.4 Å². The van der Waals surface area contributed by atoms with Crippen molar-refractivity contribution in [3.8, 4) is 0 Å². The van der Waals surface area contributed by atoms with Gasteiger partial charge in [0.25, 0.3) is 6.43 Å². The van der Waals surface area contributed by atoms with Crippen LogP contribution in [0.2, 0.25) is 0 Å². The number of hydrogen-bond donors (Lipinski definition) is 1. The van der Waals surface area contributed by atoms with Crippen LogP contribution in [0, 0.1) is 0 Å². The molecule has 0 bridgehead atoms. The molecule has 0 aliphatic carbocycles. The van der Waals surface area contributed by atoms with E-state index in [-0.39, 0.29) is 23.6 Å². The molecule has 5 heteroatoms. The van der Waals surface area contributed by atoms with Gasteiger partial charge in [0.05, 0.1) is 6.04 Å². The van der Waals surface area contributed by atoms with Gasteiger partial charge in [-0.1, -0.05) is 18.2 Å². The summed E-state index contributed by atoms with van der Waals surface area (Å²) in [6.07, 6.45) is -1.50. The van der Waals surface area contributed by atoms with E-state index in [4.69, 9.17) is 5.73 Å². The maximum absolute atomic E-state index is 12.7. The Kier molecular flexibility index (Phi) is 3.61. The van der Waals surface area contributed by atoms with Crippen molar-refractivity contribution in [2.75, 3.05) is 7.05 Å². The van der Waals surface area contributed by atoms with E-state index in [9.17, 15) is 13.6 Å². The van der Waals surface area contributed by atoms with E-state index in [2.05, 4.69) is 0 Å². The molecule has 0 aromatic heterocycles. The molecule has 0 saturated carbocycles. The van der Waals surface area contributed by atoms with Gasteiger partial charge in [-0.3, -0.25) is 4.79 Å². The third-order valence-electron chi connectivity index (χ3n) is 3.41. The summed E-state index contributed by atoms with van der Waals surface area (Å²) in [7, 11) is 1.67. The Balaban J connectivity index is 2.34. The zero-order chi connectivity index (χ0) is 13.3. The second-order valence-electron chi connectivity index (χ2n) is 4.62. The molecule has 1 fully saturated rings. The Morgan fingerprint density at radius 3 is 2.83 bits per heavy atom. The summed E-state index contributed by atoms with van der Waals surface area (Å²) >= 11 is 0. The molecule has 1 aliphatic rings. The highest BCUT2D eigenvalue weighted by atomic mass is 19.3. The monoisotopic (exact) mass is 254 g/mol. The number of likely N-dealkylation sites (tertiary alicyclic amines) is 1. The molecule has 0 spiro atoms. The molecule has 18 heavy (non-hydrogen) atoms. The number of benzene rings is 1. The van der Waals surface area contributed by atoms with E-state index in [0.29, 0.717) is 18.4 Å². The average molecular weight is 254 g/mol. The molecule has 3 nitrogen and oxygen atoms in total. The quantitative estimate of drug-likeness (QED) is 0.879. The van der Waals surface area contributed by atoms with Crippen molar-refractivity contribution in [1.82, 2.24) is 4.90 Å². The minimum Gasteiger partial charge on any atom is -0.337 e. The number of halogens is 2. The number of nitrogens with two attached hydrogens (primary N) is 1. The topological polar surface area (TPSA) is 46.3 Å². The van der Waals surface area contributed by atoms with Gasteiger partial charge >= 0.3 is 0 Å². The van der Waals surface area contributed by atoms with Gasteiger partial charge in [-0.2, -0.15) is 0 Å². The number of hydrogen-bond acceptors (Lipinski definition) is 2. The lowest BCUT2D eigenvalue weighted by Crippen LogP contribution is -2.46. The van der Waals surface area contributed by atoms with Gasteiger partial charge in [-0.25, -0.2) is 8.78 Å². The minimum absolute atomic E-state index is 0.00384. The molecule has 1 aromatic carbocycles. The standard InChI is InChI=1S/C13H16F2N2O/c1-17-11(18)6-5-10(16)12(17)8-3-2-4-9(7-8)13(14)15/h2-4,7,10,12-13H,5-6,16H2,1H3. The fourth-order valence-corrected chi connectivity index (χ4v) is 2.42. The molecule has 1 amide bonds. The molecular formula is C13H16F2N2O. The first kappa shape index (κ1) is 13.0. The van der Waals surface area contributed by atoms with Crippen LogP contribution >= 0.6 is 0 Å². The van der Waals surface area contributed by atoms with Crippen molar-refractivity contribution in [1.29, 1.82) is 0 Å². The third-order valence-corrected chi connectivity index (χ3v) is 3.41. The summed E-state index contributed by atoms with van der Waals surface area (Å²) in [4.78, 5) is 13.2. The first-order valence-corrected chi connectivity index (χ1v) is 5.90. The van der Waals surface area contributed by atoms with Gasteiger partial charge in [0.1, 0.15) is 0 Å². The lowest BCUT2D eigenvalue weighted by Gasteiger charge is -2.37. The van der Waals surface area contributed by atoms with Gasteiger partial charge < -0.3 is 10.6 Å². The van der Waals surface area contributed by atoms with Gasteiger partial charge in [0, 0.05) is 25.1 Å². The maximum atomic E-state index is 12.7. The second-order valence-corrected chi connectivity index (χ2v) is 4.62. The summed E-state index contributed by atoms with van der Waals surface area (Å²) in [5, 5.41) is 0. The maximum Gasteiger partial charge on any atom is 0.263 e. The third kappa shape index (κ3) is 2.36. The normalized spacial score (nSPS) is 24.7. The second kappa shape index (κ2) is 5.02. The van der Waals surface area contributed by atoms with Gasteiger partial charge in [0.2, 0.25) is 5.91 Å². The van der Waals surface area contributed by atoms with Crippen LogP contribution < -0.4 is 5.73 Å². The Hall–Kier alpha value is -1.49. The highest BCUT2D eigenvalue weighted by Crippen LogP contribution is 2.31. The van der Waals surface area contributed by atoms with Crippen molar-refractivity contribution in [3.63, 3.8) is 0 Å². The van der Waals surface area contributed by atoms with E-state index in [1.165, 1.54) is 12.1 Å². The predicted molar refractivity (Wildman–Crippen MR) is 64.1 cm³/mol. The molecule has 1 saturated heterocycles. The summed E-state index contributed by atoms with van der Waals surface area (Å²) in [6.45, 7) is 0. The van der Waals surface area contributed by atoms with E-state index in [0.717, 1.165) is 0 Å². The van der Waals surface area contributed by atoms with E-state index in [1.54, 1.807) is 24.1 Å². The van der Waals surface area contributed by atoms with Gasteiger partial charge in [0.15, 0.2) is 0 Å². The summed E-state index contributed by atoms with van der Waals surface area (Å²) in [5.74, 6) is 0.00384. The number of rotatable bonds is 2. The van der Waals surface area contributed by atoms with Crippen molar-refractivity contribution < 1.29 is 13.6 Å². The molecule has 0 radical (unpaired) electrons. The van der Waals surface area contributed by atoms with Crippen LogP contribution in [0.4, 0.5) is 8.78 Å². The highest BCUT2D eigenvalue weighted by Gasteiger charge is 2.32. The molecule has 2 N–H and O–H groups in total. The zero-order valence-corrected chi connectivity index (χ0v) is 10.1. The van der Waals surface area contributed by atoms with Crippen molar-refractivity contribution in [2.24, 2.45) is 5.73 Å². The summed E-state index contributed by atoms with van der Waals surface area (Å²) < 4.78 is 25.3. The van der Waals surface area contributed by atoms with Crippen LogP contribution in [0.3, 0.4) is 0 Å². The molecule has 98 valence electrons. The number of likely N-dealkylation sites (N-methyl/N-ethyl adjacent to an activating group) is 1. The van der Waals surface area contributed by atoms with Crippen LogP contribution in [0.5, 0.6) is 0 Å². The largest absolute Gasteiger partial charge is 0.337 e. The Bertz CT molecular complexity index is 450. The number of piperidine rings is 1. The van der Waals surface area contributed by atoms with Crippen LogP contribution in [0.15, 0.2) is 24.3 Å². The van der Waals surface area contributed by atoms with Gasteiger partial charge in [-0.05, 0) is 18.1 Å². The van der Waals surface area contributed by atoms with E-state index >= 15 is 0 Å². The lowest BCUT2D eigenvalue weighted by atomic mass is 9.90. The van der Waals surface area contributed by atoms with Crippen LogP contribution in [0.1, 0.15) is 36.4 Å². The lowest BCUT2D eigenvalue weighted by molar-refractivity contribution is -0.135. The smallest absolute Gasteiger partial charge is 0.263 e. The van der Waals surface area contributed by atoms with Crippen LogP contribution in [-0.2, 0) is 4.79 Å². The molecule has 2 atom stereocenters. The number of nitrogens with zero attached hydrogens (tertiary/aromatic N) is 1. The highest BCUT2D eigenvalue weighted by molar-refractivity contribution is 5.77. The first-order valence-electron chi connectivity index (χ1n) is 5.90. The Morgan fingerprint density at radius 1 is 1.44 bits per heavy atom. The number of amides is 1. The summed E-state index contributed by atoms with van der Waals surface area (Å²) in [5.41, 5.74) is 6.65. The molecule has 1 heterocycles. The van der Waals surface area contributed by atoms with Gasteiger partial charge in [-0.15, -0.1) is 0 Å². The minimum atomic E-state index is -2.51. The molecule has 2 rings (SSSR count). The van der Waals surface area contributed by atoms with E-state index in [1.807, 2.05) is 0 Å².